The van der Waals surface area contributed by atoms with Crippen LogP contribution < -0.4 is 4.74 Å². The molecule has 128 valence electrons. The third kappa shape index (κ3) is 3.55. The molecule has 0 N–H and O–H groups in total. The summed E-state index contributed by atoms with van der Waals surface area (Å²) < 4.78 is 36.8. The Morgan fingerprint density at radius 2 is 2.08 bits per heavy atom. The highest BCUT2D eigenvalue weighted by Crippen LogP contribution is 2.42. The van der Waals surface area contributed by atoms with Crippen LogP contribution in [0.3, 0.4) is 0 Å². The maximum atomic E-state index is 13.5. The molecule has 1 aliphatic rings. The monoisotopic (exact) mass is 391 g/mol. The molecule has 0 amide bonds. The topological polar surface area (TPSA) is 35.3 Å². The molecule has 0 aliphatic heterocycles. The number of aromatic nitrogens is 1. The molecule has 0 atom stereocenters. The van der Waals surface area contributed by atoms with Crippen LogP contribution in [0.1, 0.15) is 41.2 Å². The van der Waals surface area contributed by atoms with Crippen LogP contribution in [-0.2, 0) is 0 Å². The molecule has 0 saturated heterocycles. The molecule has 1 aromatic carbocycles. The molecule has 24 heavy (non-hydrogen) atoms. The van der Waals surface area contributed by atoms with Crippen molar-refractivity contribution in [2.45, 2.75) is 36.6 Å². The summed E-state index contributed by atoms with van der Waals surface area (Å²) in [5, 5.41) is 3.83. The molecule has 2 aromatic rings. The van der Waals surface area contributed by atoms with Crippen LogP contribution in [0.15, 0.2) is 28.9 Å². The van der Waals surface area contributed by atoms with E-state index in [-0.39, 0.29) is 5.75 Å². The van der Waals surface area contributed by atoms with Crippen molar-refractivity contribution in [3.63, 3.8) is 0 Å². The predicted molar refractivity (Wildman–Crippen MR) is 91.5 cm³/mol. The number of alkyl halides is 4. The molecule has 1 aromatic heterocycles. The fraction of sp³-hybridized carbons (Fsp3) is 0.375. The summed E-state index contributed by atoms with van der Waals surface area (Å²) in [7, 11) is 0. The number of benzene rings is 1. The van der Waals surface area contributed by atoms with Crippen molar-refractivity contribution in [3.05, 3.63) is 46.8 Å². The summed E-state index contributed by atoms with van der Waals surface area (Å²) >= 11 is 16.0. The maximum absolute atomic E-state index is 13.5. The van der Waals surface area contributed by atoms with Crippen molar-refractivity contribution >= 4 is 40.3 Å². The molecule has 1 heterocycles. The van der Waals surface area contributed by atoms with Gasteiger partial charge in [0.15, 0.2) is 0 Å². The lowest BCUT2D eigenvalue weighted by Crippen LogP contribution is -2.32. The van der Waals surface area contributed by atoms with Gasteiger partial charge in [-0.25, -0.2) is 0 Å². The molecule has 1 saturated carbocycles. The molecular weight excluding hydrogens is 379 g/mol. The van der Waals surface area contributed by atoms with Crippen LogP contribution >= 0.6 is 35.4 Å². The fourth-order valence-electron chi connectivity index (χ4n) is 2.36. The minimum absolute atomic E-state index is 0.0388. The van der Waals surface area contributed by atoms with Crippen LogP contribution in [0.25, 0.3) is 0 Å². The van der Waals surface area contributed by atoms with Gasteiger partial charge >= 0.3 is 6.11 Å². The van der Waals surface area contributed by atoms with Gasteiger partial charge in [-0.3, -0.25) is 0 Å². The predicted octanol–water partition coefficient (Wildman–Crippen LogP) is 5.40. The van der Waals surface area contributed by atoms with E-state index in [1.807, 2.05) is 0 Å². The highest BCUT2D eigenvalue weighted by Gasteiger charge is 2.40. The number of rotatable bonds is 6. The average molecular weight is 392 g/mol. The van der Waals surface area contributed by atoms with E-state index in [1.54, 1.807) is 19.2 Å². The molecular formula is C16H13Cl2F2NO2S. The van der Waals surface area contributed by atoms with Crippen molar-refractivity contribution in [2.24, 2.45) is 0 Å². The van der Waals surface area contributed by atoms with E-state index in [4.69, 9.17) is 39.9 Å². The van der Waals surface area contributed by atoms with Crippen molar-refractivity contribution in [3.8, 4) is 5.75 Å². The number of halogens is 4. The number of hydrogen-bond acceptors (Lipinski definition) is 4. The second-order valence-corrected chi connectivity index (χ2v) is 7.15. The van der Waals surface area contributed by atoms with Crippen LogP contribution in [0.2, 0.25) is 0 Å². The first-order valence-electron chi connectivity index (χ1n) is 7.24. The van der Waals surface area contributed by atoms with E-state index in [0.717, 1.165) is 29.7 Å². The van der Waals surface area contributed by atoms with Crippen molar-refractivity contribution < 1.29 is 18.0 Å². The second kappa shape index (κ2) is 6.58. The number of nitrogens with zero attached hydrogens (tertiary/aromatic N) is 1. The standard InChI is InChI=1S/C16H13Cl2F2NO2S/c1-8-6-10(22-16(19,20)15(17)18)4-5-11(8)14(24)12-7-21-23-13(12)9-2-3-9/h4-7,9,15H,2-3H2,1H3. The lowest BCUT2D eigenvalue weighted by molar-refractivity contribution is -0.163. The zero-order valence-corrected chi connectivity index (χ0v) is 14.9. The van der Waals surface area contributed by atoms with Gasteiger partial charge in [-0.1, -0.05) is 40.6 Å². The number of thiocarbonyl (C=S) groups is 1. The van der Waals surface area contributed by atoms with Gasteiger partial charge in [0.2, 0.25) is 4.84 Å². The Morgan fingerprint density at radius 1 is 1.38 bits per heavy atom. The van der Waals surface area contributed by atoms with Gasteiger partial charge in [-0.15, -0.1) is 0 Å². The van der Waals surface area contributed by atoms with Gasteiger partial charge in [-0.05, 0) is 49.1 Å². The minimum atomic E-state index is -3.68. The van der Waals surface area contributed by atoms with Gasteiger partial charge in [0.05, 0.1) is 16.6 Å². The quantitative estimate of drug-likeness (QED) is 0.375. The van der Waals surface area contributed by atoms with Crippen LogP contribution in [0.4, 0.5) is 8.78 Å². The molecule has 1 fully saturated rings. The van der Waals surface area contributed by atoms with Gasteiger partial charge in [0.1, 0.15) is 11.5 Å². The number of aryl methyl sites for hydroxylation is 1. The van der Waals surface area contributed by atoms with E-state index in [0.29, 0.717) is 16.3 Å². The first kappa shape index (κ1) is 17.6. The van der Waals surface area contributed by atoms with Crippen LogP contribution in [-0.4, -0.2) is 21.0 Å². The molecule has 3 nitrogen and oxygen atoms in total. The minimum Gasteiger partial charge on any atom is -0.431 e. The third-order valence-corrected chi connectivity index (χ3v) is 4.69. The Labute approximate surface area is 152 Å². The van der Waals surface area contributed by atoms with Gasteiger partial charge in [0, 0.05) is 5.92 Å². The summed E-state index contributed by atoms with van der Waals surface area (Å²) in [6, 6.07) is 4.50. The lowest BCUT2D eigenvalue weighted by atomic mass is 9.99. The second-order valence-electron chi connectivity index (χ2n) is 5.65. The zero-order chi connectivity index (χ0) is 17.5. The van der Waals surface area contributed by atoms with Crippen molar-refractivity contribution in [1.29, 1.82) is 0 Å². The fourth-order valence-corrected chi connectivity index (χ4v) is 2.83. The van der Waals surface area contributed by atoms with Gasteiger partial charge < -0.3 is 9.26 Å². The average Bonchev–Trinajstić information content (AvgIpc) is 3.23. The largest absolute Gasteiger partial charge is 0.431 e. The lowest BCUT2D eigenvalue weighted by Gasteiger charge is -2.19. The molecule has 8 heteroatoms. The Morgan fingerprint density at radius 3 is 2.67 bits per heavy atom. The van der Waals surface area contributed by atoms with Gasteiger partial charge in [-0.2, -0.15) is 8.78 Å². The first-order chi connectivity index (χ1) is 11.3. The molecule has 0 spiro atoms. The summed E-state index contributed by atoms with van der Waals surface area (Å²) in [6.07, 6.45) is 0.0398. The SMILES string of the molecule is Cc1cc(OC(F)(F)C(Cl)Cl)ccc1C(=S)c1cnoc1C1CC1. The van der Waals surface area contributed by atoms with Crippen LogP contribution in [0, 0.1) is 6.92 Å². The van der Waals surface area contributed by atoms with E-state index >= 15 is 0 Å². The van der Waals surface area contributed by atoms with Crippen molar-refractivity contribution in [2.75, 3.05) is 0 Å². The van der Waals surface area contributed by atoms with Crippen LogP contribution in [0.5, 0.6) is 5.75 Å². The van der Waals surface area contributed by atoms with Gasteiger partial charge in [0.25, 0.3) is 0 Å². The molecule has 3 rings (SSSR count). The molecule has 1 aliphatic carbocycles. The smallest absolute Gasteiger partial charge is 0.428 e. The first-order valence-corrected chi connectivity index (χ1v) is 8.52. The Kier molecular flexibility index (Phi) is 4.82. The van der Waals surface area contributed by atoms with E-state index in [9.17, 15) is 8.78 Å². The summed E-state index contributed by atoms with van der Waals surface area (Å²) in [4.78, 5) is -1.39. The van der Waals surface area contributed by atoms with E-state index < -0.39 is 10.9 Å². The number of ether oxygens (including phenoxy) is 1. The van der Waals surface area contributed by atoms with Crippen molar-refractivity contribution in [1.82, 2.24) is 5.16 Å². The molecule has 0 bridgehead atoms. The zero-order valence-electron chi connectivity index (χ0n) is 12.6. The third-order valence-electron chi connectivity index (χ3n) is 3.74. The van der Waals surface area contributed by atoms with E-state index in [1.165, 1.54) is 12.1 Å². The highest BCUT2D eigenvalue weighted by atomic mass is 35.5. The molecule has 0 radical (unpaired) electrons. The summed E-state index contributed by atoms with van der Waals surface area (Å²) in [5.74, 6) is 1.12. The Balaban J connectivity index is 1.84. The highest BCUT2D eigenvalue weighted by molar-refractivity contribution is 7.81. The Hall–Kier alpha value is -1.24. The number of hydrogen-bond donors (Lipinski definition) is 0. The maximum Gasteiger partial charge on any atom is 0.428 e. The summed E-state index contributed by atoms with van der Waals surface area (Å²) in [6.45, 7) is 1.76. The Bertz CT molecular complexity index is 775. The summed E-state index contributed by atoms with van der Waals surface area (Å²) in [5.41, 5.74) is 2.20. The molecule has 0 unspecified atom stereocenters. The van der Waals surface area contributed by atoms with E-state index in [2.05, 4.69) is 9.89 Å². The normalized spacial score (nSPS) is 14.9.